The fraction of sp³-hybridized carbons (Fsp3) is 0.833. The average Bonchev–Trinajstić information content (AvgIpc) is 2.25. The monoisotopic (exact) mass is 212 g/mol. The molecular weight excluding hydrogens is 188 g/mol. The van der Waals surface area contributed by atoms with Crippen LogP contribution in [-0.2, 0) is 4.74 Å². The summed E-state index contributed by atoms with van der Waals surface area (Å²) in [6, 6.07) is 0. The number of piperidine rings is 1. The molecule has 1 aliphatic heterocycles. The van der Waals surface area contributed by atoms with Crippen LogP contribution in [0, 0.1) is 0 Å². The Balaban J connectivity index is 2.21. The van der Waals surface area contributed by atoms with Crippen molar-refractivity contribution in [3.8, 4) is 0 Å². The Bertz CT molecular complexity index is 196. The molecule has 0 saturated carbocycles. The molecule has 0 spiro atoms. The van der Waals surface area contributed by atoms with Gasteiger partial charge in [0.2, 0.25) is 0 Å². The summed E-state index contributed by atoms with van der Waals surface area (Å²) < 4.78 is 5.56. The fourth-order valence-electron chi connectivity index (χ4n) is 2.11. The van der Waals surface area contributed by atoms with Crippen molar-refractivity contribution >= 4 is 0 Å². The first-order chi connectivity index (χ1) is 7.20. The van der Waals surface area contributed by atoms with Crippen LogP contribution in [-0.4, -0.2) is 50.3 Å². The van der Waals surface area contributed by atoms with Crippen LogP contribution in [0.15, 0.2) is 12.7 Å². The molecule has 0 aromatic carbocycles. The van der Waals surface area contributed by atoms with Gasteiger partial charge in [0.05, 0.1) is 5.60 Å². The number of ether oxygens (including phenoxy) is 1. The topological polar surface area (TPSA) is 24.5 Å². The lowest BCUT2D eigenvalue weighted by Crippen LogP contribution is -2.49. The highest BCUT2D eigenvalue weighted by Gasteiger charge is 2.30. The summed E-state index contributed by atoms with van der Waals surface area (Å²) >= 11 is 0. The summed E-state index contributed by atoms with van der Waals surface area (Å²) in [5.41, 5.74) is 0.0662. The Hall–Kier alpha value is -0.380. The van der Waals surface area contributed by atoms with Gasteiger partial charge in [0, 0.05) is 33.3 Å². The van der Waals surface area contributed by atoms with E-state index >= 15 is 0 Å². The SMILES string of the molecule is C=CCNCCN1CCCC(C)(OC)C1. The molecule has 0 aliphatic carbocycles. The Labute approximate surface area is 93.5 Å². The minimum absolute atomic E-state index is 0.0662. The molecule has 1 fully saturated rings. The maximum atomic E-state index is 5.56. The highest BCUT2D eigenvalue weighted by molar-refractivity contribution is 4.84. The largest absolute Gasteiger partial charge is 0.377 e. The molecule has 15 heavy (non-hydrogen) atoms. The second-order valence-electron chi connectivity index (χ2n) is 4.53. The predicted octanol–water partition coefficient (Wildman–Crippen LogP) is 1.26. The van der Waals surface area contributed by atoms with Crippen molar-refractivity contribution in [3.05, 3.63) is 12.7 Å². The van der Waals surface area contributed by atoms with Crippen molar-refractivity contribution in [2.75, 3.05) is 39.8 Å². The molecular formula is C12H24N2O. The van der Waals surface area contributed by atoms with E-state index in [-0.39, 0.29) is 5.60 Å². The third-order valence-corrected chi connectivity index (χ3v) is 3.12. The smallest absolute Gasteiger partial charge is 0.0777 e. The molecule has 3 heteroatoms. The van der Waals surface area contributed by atoms with Crippen molar-refractivity contribution in [3.63, 3.8) is 0 Å². The van der Waals surface area contributed by atoms with Crippen LogP contribution in [0.4, 0.5) is 0 Å². The number of hydrogen-bond acceptors (Lipinski definition) is 3. The van der Waals surface area contributed by atoms with Crippen molar-refractivity contribution in [1.82, 2.24) is 10.2 Å². The third-order valence-electron chi connectivity index (χ3n) is 3.12. The molecule has 1 rings (SSSR count). The molecule has 1 atom stereocenters. The Kier molecular flexibility index (Phi) is 5.29. The first-order valence-electron chi connectivity index (χ1n) is 5.79. The van der Waals surface area contributed by atoms with E-state index in [4.69, 9.17) is 4.74 Å². The van der Waals surface area contributed by atoms with E-state index in [0.717, 1.165) is 26.2 Å². The molecule has 88 valence electrons. The van der Waals surface area contributed by atoms with Gasteiger partial charge < -0.3 is 10.1 Å². The van der Waals surface area contributed by atoms with Crippen LogP contribution in [0.25, 0.3) is 0 Å². The lowest BCUT2D eigenvalue weighted by Gasteiger charge is -2.39. The highest BCUT2D eigenvalue weighted by Crippen LogP contribution is 2.23. The molecule has 1 aliphatic rings. The van der Waals surface area contributed by atoms with Crippen LogP contribution in [0.1, 0.15) is 19.8 Å². The van der Waals surface area contributed by atoms with Crippen molar-refractivity contribution in [2.24, 2.45) is 0 Å². The Morgan fingerprint density at radius 3 is 3.07 bits per heavy atom. The summed E-state index contributed by atoms with van der Waals surface area (Å²) in [7, 11) is 1.82. The standard InChI is InChI=1S/C12H24N2O/c1-4-7-13-8-10-14-9-5-6-12(2,11-14)15-3/h4,13H,1,5-11H2,2-3H3. The van der Waals surface area contributed by atoms with Gasteiger partial charge in [-0.25, -0.2) is 0 Å². The molecule has 0 radical (unpaired) electrons. The maximum absolute atomic E-state index is 5.56. The minimum Gasteiger partial charge on any atom is -0.377 e. The zero-order chi connectivity index (χ0) is 11.1. The maximum Gasteiger partial charge on any atom is 0.0777 e. The van der Waals surface area contributed by atoms with E-state index in [2.05, 4.69) is 23.7 Å². The van der Waals surface area contributed by atoms with Crippen LogP contribution < -0.4 is 5.32 Å². The van der Waals surface area contributed by atoms with E-state index in [1.165, 1.54) is 19.4 Å². The second kappa shape index (κ2) is 6.26. The summed E-state index contributed by atoms with van der Waals surface area (Å²) in [6.45, 7) is 11.2. The van der Waals surface area contributed by atoms with E-state index in [0.29, 0.717) is 0 Å². The van der Waals surface area contributed by atoms with Gasteiger partial charge in [-0.15, -0.1) is 6.58 Å². The van der Waals surface area contributed by atoms with E-state index in [1.807, 2.05) is 13.2 Å². The Morgan fingerprint density at radius 1 is 1.60 bits per heavy atom. The van der Waals surface area contributed by atoms with Gasteiger partial charge in [-0.05, 0) is 26.3 Å². The molecule has 1 saturated heterocycles. The summed E-state index contributed by atoms with van der Waals surface area (Å²) in [6.07, 6.45) is 4.32. The fourth-order valence-corrected chi connectivity index (χ4v) is 2.11. The number of likely N-dealkylation sites (tertiary alicyclic amines) is 1. The molecule has 0 bridgehead atoms. The van der Waals surface area contributed by atoms with Crippen molar-refractivity contribution < 1.29 is 4.74 Å². The normalized spacial score (nSPS) is 27.9. The summed E-state index contributed by atoms with van der Waals surface area (Å²) in [5, 5.41) is 3.33. The van der Waals surface area contributed by atoms with E-state index in [9.17, 15) is 0 Å². The number of methoxy groups -OCH3 is 1. The van der Waals surface area contributed by atoms with Crippen LogP contribution in [0.3, 0.4) is 0 Å². The summed E-state index contributed by atoms with van der Waals surface area (Å²) in [4.78, 5) is 2.48. The van der Waals surface area contributed by atoms with Crippen LogP contribution in [0.2, 0.25) is 0 Å². The minimum atomic E-state index is 0.0662. The first kappa shape index (κ1) is 12.7. The lowest BCUT2D eigenvalue weighted by molar-refractivity contribution is -0.0501. The van der Waals surface area contributed by atoms with Crippen LogP contribution >= 0.6 is 0 Å². The van der Waals surface area contributed by atoms with Gasteiger partial charge in [0.15, 0.2) is 0 Å². The quantitative estimate of drug-likeness (QED) is 0.530. The molecule has 1 N–H and O–H groups in total. The third kappa shape index (κ3) is 4.33. The predicted molar refractivity (Wildman–Crippen MR) is 64.2 cm³/mol. The number of nitrogens with one attached hydrogen (secondary N) is 1. The molecule has 1 unspecified atom stereocenters. The van der Waals surface area contributed by atoms with E-state index < -0.39 is 0 Å². The molecule has 0 aromatic heterocycles. The molecule has 3 nitrogen and oxygen atoms in total. The lowest BCUT2D eigenvalue weighted by atomic mass is 9.95. The average molecular weight is 212 g/mol. The number of nitrogens with zero attached hydrogens (tertiary/aromatic N) is 1. The number of hydrogen-bond donors (Lipinski definition) is 1. The van der Waals surface area contributed by atoms with Gasteiger partial charge in [-0.1, -0.05) is 6.08 Å². The Morgan fingerprint density at radius 2 is 2.40 bits per heavy atom. The second-order valence-corrected chi connectivity index (χ2v) is 4.53. The number of rotatable bonds is 6. The van der Waals surface area contributed by atoms with Gasteiger partial charge >= 0.3 is 0 Å². The van der Waals surface area contributed by atoms with Gasteiger partial charge in [0.1, 0.15) is 0 Å². The molecule has 0 amide bonds. The zero-order valence-corrected chi connectivity index (χ0v) is 10.1. The van der Waals surface area contributed by atoms with Crippen LogP contribution in [0.5, 0.6) is 0 Å². The first-order valence-corrected chi connectivity index (χ1v) is 5.79. The van der Waals surface area contributed by atoms with Gasteiger partial charge in [-0.2, -0.15) is 0 Å². The van der Waals surface area contributed by atoms with Gasteiger partial charge in [-0.3, -0.25) is 4.90 Å². The molecule has 0 aromatic rings. The molecule has 1 heterocycles. The zero-order valence-electron chi connectivity index (χ0n) is 10.1. The summed E-state index contributed by atoms with van der Waals surface area (Å²) in [5.74, 6) is 0. The van der Waals surface area contributed by atoms with Crippen molar-refractivity contribution in [1.29, 1.82) is 0 Å². The van der Waals surface area contributed by atoms with E-state index in [1.54, 1.807) is 0 Å². The van der Waals surface area contributed by atoms with Gasteiger partial charge in [0.25, 0.3) is 0 Å². The highest BCUT2D eigenvalue weighted by atomic mass is 16.5. The van der Waals surface area contributed by atoms with Crippen molar-refractivity contribution in [2.45, 2.75) is 25.4 Å².